The number of alkyl halides is 2. The Balaban J connectivity index is 1.18. The molecular weight excluding hydrogens is 531 g/mol. The van der Waals surface area contributed by atoms with E-state index in [9.17, 15) is 9.59 Å². The fraction of sp³-hybridized carbons (Fsp3) is 0.688. The monoisotopic (exact) mass is 574 g/mol. The molecule has 1 aromatic carbocycles. The van der Waals surface area contributed by atoms with Crippen LogP contribution in [0.4, 0.5) is 5.69 Å². The van der Waals surface area contributed by atoms with Gasteiger partial charge >= 0.3 is 5.97 Å². The van der Waals surface area contributed by atoms with Crippen LogP contribution in [-0.4, -0.2) is 48.4 Å². The SMILES string of the molecule is CC12CCC3C(CCC4CC(OC(=O)C=Cc5cccc(N(CCCl)CCCl)c5)CCC43C)C1CCC(=O)N2. The molecule has 1 amide bonds. The summed E-state index contributed by atoms with van der Waals surface area (Å²) in [4.78, 5) is 27.1. The van der Waals surface area contributed by atoms with Gasteiger partial charge in [-0.2, -0.15) is 0 Å². The fourth-order valence-corrected chi connectivity index (χ4v) is 9.18. The predicted molar refractivity (Wildman–Crippen MR) is 159 cm³/mol. The standard InChI is InChI=1S/C32H44Cl2N2O3/c1-31-14-12-25(39-30(38)11-6-22-4-3-5-24(20-22)36(18-16-33)19-17-34)21-23(31)7-8-26-27(31)13-15-32(2)28(26)9-10-29(37)35-32/h3-6,11,20,23,25-28H,7-10,12-19,21H2,1-2H3,(H,35,37). The molecule has 4 aliphatic rings. The van der Waals surface area contributed by atoms with E-state index < -0.39 is 0 Å². The summed E-state index contributed by atoms with van der Waals surface area (Å²) in [6.45, 7) is 6.25. The number of hydrogen-bond acceptors (Lipinski definition) is 4. The van der Waals surface area contributed by atoms with Crippen LogP contribution in [-0.2, 0) is 14.3 Å². The van der Waals surface area contributed by atoms with Crippen molar-refractivity contribution >= 4 is 46.8 Å². The molecular formula is C32H44Cl2N2O3. The van der Waals surface area contributed by atoms with Gasteiger partial charge in [0.2, 0.25) is 5.91 Å². The van der Waals surface area contributed by atoms with E-state index in [0.29, 0.717) is 47.3 Å². The van der Waals surface area contributed by atoms with Gasteiger partial charge in [0.15, 0.2) is 0 Å². The lowest BCUT2D eigenvalue weighted by atomic mass is 9.45. The predicted octanol–water partition coefficient (Wildman–Crippen LogP) is 6.81. The first-order valence-electron chi connectivity index (χ1n) is 14.9. The van der Waals surface area contributed by atoms with Gasteiger partial charge in [-0.25, -0.2) is 4.79 Å². The second kappa shape index (κ2) is 12.0. The van der Waals surface area contributed by atoms with Crippen LogP contribution in [0.3, 0.4) is 0 Å². The van der Waals surface area contributed by atoms with E-state index in [2.05, 4.69) is 30.1 Å². The van der Waals surface area contributed by atoms with Crippen molar-refractivity contribution in [3.05, 3.63) is 35.9 Å². The number of carbonyl (C=O) groups is 2. The molecule has 7 heteroatoms. The molecule has 1 saturated heterocycles. The first kappa shape index (κ1) is 28.8. The van der Waals surface area contributed by atoms with E-state index in [-0.39, 0.29) is 23.5 Å². The number of benzene rings is 1. The highest BCUT2D eigenvalue weighted by Gasteiger charge is 2.58. The maximum atomic E-state index is 12.8. The molecule has 5 nitrogen and oxygen atoms in total. The summed E-state index contributed by atoms with van der Waals surface area (Å²) in [7, 11) is 0. The highest BCUT2D eigenvalue weighted by Crippen LogP contribution is 2.62. The third kappa shape index (κ3) is 6.00. The topological polar surface area (TPSA) is 58.6 Å². The number of amides is 1. The summed E-state index contributed by atoms with van der Waals surface area (Å²) in [5.74, 6) is 3.65. The molecule has 5 rings (SSSR count). The molecule has 1 N–H and O–H groups in total. The van der Waals surface area contributed by atoms with Gasteiger partial charge in [0.1, 0.15) is 6.10 Å². The number of hydrogen-bond donors (Lipinski definition) is 1. The molecule has 7 unspecified atom stereocenters. The Morgan fingerprint density at radius 3 is 2.64 bits per heavy atom. The first-order valence-corrected chi connectivity index (χ1v) is 16.0. The lowest BCUT2D eigenvalue weighted by Gasteiger charge is -2.62. The number of halogens is 2. The summed E-state index contributed by atoms with van der Waals surface area (Å²) in [5, 5.41) is 3.37. The van der Waals surface area contributed by atoms with Gasteiger partial charge in [-0.3, -0.25) is 4.79 Å². The van der Waals surface area contributed by atoms with Crippen molar-refractivity contribution in [2.24, 2.45) is 29.1 Å². The van der Waals surface area contributed by atoms with Crippen molar-refractivity contribution in [2.75, 3.05) is 29.7 Å². The van der Waals surface area contributed by atoms with Crippen LogP contribution in [0.2, 0.25) is 0 Å². The van der Waals surface area contributed by atoms with Crippen molar-refractivity contribution in [3.63, 3.8) is 0 Å². The minimum Gasteiger partial charge on any atom is -0.459 e. The summed E-state index contributed by atoms with van der Waals surface area (Å²) in [6, 6.07) is 8.08. The second-order valence-corrected chi connectivity index (χ2v) is 13.6. The van der Waals surface area contributed by atoms with Gasteiger partial charge in [-0.1, -0.05) is 19.1 Å². The molecule has 1 aliphatic heterocycles. The summed E-state index contributed by atoms with van der Waals surface area (Å²) < 4.78 is 5.99. The number of piperidine rings is 1. The molecule has 1 heterocycles. The minimum atomic E-state index is -0.257. The Labute approximate surface area is 244 Å². The van der Waals surface area contributed by atoms with Crippen LogP contribution in [0.25, 0.3) is 6.08 Å². The van der Waals surface area contributed by atoms with Crippen molar-refractivity contribution in [2.45, 2.75) is 83.3 Å². The van der Waals surface area contributed by atoms with Gasteiger partial charge in [0, 0.05) is 48.6 Å². The highest BCUT2D eigenvalue weighted by molar-refractivity contribution is 6.18. The second-order valence-electron chi connectivity index (χ2n) is 12.8. The van der Waals surface area contributed by atoms with Crippen molar-refractivity contribution in [1.82, 2.24) is 5.32 Å². The number of nitrogens with one attached hydrogen (secondary N) is 1. The van der Waals surface area contributed by atoms with Crippen LogP contribution in [0.15, 0.2) is 30.3 Å². The van der Waals surface area contributed by atoms with Crippen LogP contribution < -0.4 is 10.2 Å². The van der Waals surface area contributed by atoms with Crippen LogP contribution in [0.1, 0.15) is 77.2 Å². The Hall–Kier alpha value is -1.72. The Bertz CT molecular complexity index is 1070. The summed E-state index contributed by atoms with van der Waals surface area (Å²) in [6.07, 6.45) is 12.9. The van der Waals surface area contributed by atoms with Crippen molar-refractivity contribution < 1.29 is 14.3 Å². The molecule has 214 valence electrons. The molecule has 7 atom stereocenters. The maximum absolute atomic E-state index is 12.8. The molecule has 0 bridgehead atoms. The quantitative estimate of drug-likeness (QED) is 0.210. The van der Waals surface area contributed by atoms with Gasteiger partial charge in [0.05, 0.1) is 0 Å². The number of ether oxygens (including phenoxy) is 1. The third-order valence-corrected chi connectivity index (χ3v) is 11.1. The zero-order valence-electron chi connectivity index (χ0n) is 23.5. The number of nitrogens with zero attached hydrogens (tertiary/aromatic N) is 1. The number of esters is 1. The molecule has 0 spiro atoms. The molecule has 4 fully saturated rings. The Kier molecular flexibility index (Phi) is 8.88. The van der Waals surface area contributed by atoms with Crippen LogP contribution >= 0.6 is 23.2 Å². The van der Waals surface area contributed by atoms with Gasteiger partial charge in [-0.05, 0) is 111 Å². The lowest BCUT2D eigenvalue weighted by molar-refractivity contribution is -0.158. The largest absolute Gasteiger partial charge is 0.459 e. The van der Waals surface area contributed by atoms with Crippen molar-refractivity contribution in [3.8, 4) is 0 Å². The average Bonchev–Trinajstić information content (AvgIpc) is 2.91. The van der Waals surface area contributed by atoms with Crippen molar-refractivity contribution in [1.29, 1.82) is 0 Å². The molecule has 0 aromatic heterocycles. The molecule has 3 saturated carbocycles. The summed E-state index contributed by atoms with van der Waals surface area (Å²) >= 11 is 11.9. The van der Waals surface area contributed by atoms with Crippen LogP contribution in [0.5, 0.6) is 0 Å². The van der Waals surface area contributed by atoms with Gasteiger partial charge < -0.3 is 15.0 Å². The smallest absolute Gasteiger partial charge is 0.331 e. The highest BCUT2D eigenvalue weighted by atomic mass is 35.5. The number of anilines is 1. The van der Waals surface area contributed by atoms with Crippen LogP contribution in [0, 0.1) is 29.1 Å². The number of fused-ring (bicyclic) bond motifs is 5. The molecule has 1 aromatic rings. The van der Waals surface area contributed by atoms with E-state index in [0.717, 1.165) is 56.4 Å². The van der Waals surface area contributed by atoms with E-state index >= 15 is 0 Å². The molecule has 3 aliphatic carbocycles. The maximum Gasteiger partial charge on any atom is 0.331 e. The number of rotatable bonds is 8. The molecule has 39 heavy (non-hydrogen) atoms. The Morgan fingerprint density at radius 1 is 1.08 bits per heavy atom. The third-order valence-electron chi connectivity index (χ3n) is 10.8. The van der Waals surface area contributed by atoms with E-state index in [1.54, 1.807) is 6.08 Å². The first-order chi connectivity index (χ1) is 18.8. The van der Waals surface area contributed by atoms with E-state index in [1.807, 2.05) is 24.3 Å². The normalized spacial score (nSPS) is 35.9. The minimum absolute atomic E-state index is 0.00568. The summed E-state index contributed by atoms with van der Waals surface area (Å²) in [5.41, 5.74) is 2.29. The average molecular weight is 576 g/mol. The van der Waals surface area contributed by atoms with E-state index in [1.165, 1.54) is 19.3 Å². The fourth-order valence-electron chi connectivity index (χ4n) is 8.77. The van der Waals surface area contributed by atoms with Gasteiger partial charge in [-0.15, -0.1) is 23.2 Å². The number of carbonyl (C=O) groups excluding carboxylic acids is 2. The lowest BCUT2D eigenvalue weighted by Crippen LogP contribution is -2.63. The Morgan fingerprint density at radius 2 is 1.87 bits per heavy atom. The molecule has 0 radical (unpaired) electrons. The van der Waals surface area contributed by atoms with E-state index in [4.69, 9.17) is 27.9 Å². The zero-order chi connectivity index (χ0) is 27.6. The zero-order valence-corrected chi connectivity index (χ0v) is 25.0. The van der Waals surface area contributed by atoms with Gasteiger partial charge in [0.25, 0.3) is 0 Å².